The van der Waals surface area contributed by atoms with Crippen molar-refractivity contribution in [2.75, 3.05) is 13.2 Å². The molecule has 2 rings (SSSR count). The minimum atomic E-state index is -1.28. The fourth-order valence-corrected chi connectivity index (χ4v) is 2.63. The molecule has 0 aliphatic heterocycles. The van der Waals surface area contributed by atoms with E-state index >= 15 is 0 Å². The van der Waals surface area contributed by atoms with E-state index in [9.17, 15) is 17.6 Å². The molecular weight excluding hydrogens is 360 g/mol. The molecule has 0 aromatic heterocycles. The summed E-state index contributed by atoms with van der Waals surface area (Å²) in [4.78, 5) is 0. The zero-order valence-electron chi connectivity index (χ0n) is 15.6. The van der Waals surface area contributed by atoms with Crippen LogP contribution in [0.3, 0.4) is 0 Å². The van der Waals surface area contributed by atoms with Gasteiger partial charge in [0.25, 0.3) is 0 Å². The molecule has 27 heavy (non-hydrogen) atoms. The molecule has 148 valence electrons. The Morgan fingerprint density at radius 1 is 0.593 bits per heavy atom. The first kappa shape index (κ1) is 21.1. The van der Waals surface area contributed by atoms with Gasteiger partial charge < -0.3 is 9.47 Å². The maximum absolute atomic E-state index is 14.4. The van der Waals surface area contributed by atoms with Gasteiger partial charge in [-0.3, -0.25) is 0 Å². The third kappa shape index (κ3) is 5.15. The molecule has 0 heterocycles. The van der Waals surface area contributed by atoms with Crippen LogP contribution in [0.5, 0.6) is 11.5 Å². The van der Waals surface area contributed by atoms with Crippen LogP contribution >= 0.6 is 0 Å². The normalized spacial score (nSPS) is 10.9. The predicted molar refractivity (Wildman–Crippen MR) is 97.1 cm³/mol. The molecule has 0 aliphatic carbocycles. The number of benzene rings is 2. The lowest BCUT2D eigenvalue weighted by atomic mass is 10.0. The summed E-state index contributed by atoms with van der Waals surface area (Å²) in [7, 11) is 0. The summed E-state index contributed by atoms with van der Waals surface area (Å²) in [5.74, 6) is -5.50. The summed E-state index contributed by atoms with van der Waals surface area (Å²) in [5, 5.41) is 0. The number of unbranched alkanes of at least 4 members (excludes halogenated alkanes) is 3. The van der Waals surface area contributed by atoms with E-state index < -0.39 is 23.3 Å². The third-order valence-corrected chi connectivity index (χ3v) is 4.10. The SMILES string of the molecule is CCCCCCOc1ccc(-c2ccc(OCCC)c(F)c2F)c(F)c1F. The maximum atomic E-state index is 14.4. The van der Waals surface area contributed by atoms with Crippen molar-refractivity contribution in [2.45, 2.75) is 46.0 Å². The highest BCUT2D eigenvalue weighted by Crippen LogP contribution is 2.34. The lowest BCUT2D eigenvalue weighted by Gasteiger charge is -2.13. The first-order chi connectivity index (χ1) is 13.0. The molecule has 2 nitrogen and oxygen atoms in total. The molecule has 0 N–H and O–H groups in total. The quantitative estimate of drug-likeness (QED) is 0.337. The molecule has 6 heteroatoms. The molecule has 2 aromatic carbocycles. The van der Waals surface area contributed by atoms with Crippen LogP contribution in [0.25, 0.3) is 11.1 Å². The Morgan fingerprint density at radius 3 is 1.59 bits per heavy atom. The molecule has 0 radical (unpaired) electrons. The van der Waals surface area contributed by atoms with Crippen LogP contribution in [0.15, 0.2) is 24.3 Å². The second-order valence-electron chi connectivity index (χ2n) is 6.24. The Balaban J connectivity index is 2.22. The fourth-order valence-electron chi connectivity index (χ4n) is 2.63. The van der Waals surface area contributed by atoms with Crippen LogP contribution in [-0.4, -0.2) is 13.2 Å². The standard InChI is InChI=1S/C21H24F4O2/c1-3-5-6-7-13-27-17-11-9-15(19(23)21(17)25)14-8-10-16(26-12-4-2)20(24)18(14)22/h8-11H,3-7,12-13H2,1-2H3. The topological polar surface area (TPSA) is 18.5 Å². The summed E-state index contributed by atoms with van der Waals surface area (Å²) in [6, 6.07) is 4.79. The van der Waals surface area contributed by atoms with E-state index in [1.54, 1.807) is 0 Å². The van der Waals surface area contributed by atoms with Crippen molar-refractivity contribution >= 4 is 0 Å². The summed E-state index contributed by atoms with van der Waals surface area (Å²) in [6.07, 6.45) is 4.40. The monoisotopic (exact) mass is 384 g/mol. The van der Waals surface area contributed by atoms with Crippen molar-refractivity contribution in [3.05, 3.63) is 47.5 Å². The summed E-state index contributed by atoms with van der Waals surface area (Å²) >= 11 is 0. The van der Waals surface area contributed by atoms with E-state index in [0.717, 1.165) is 25.7 Å². The highest BCUT2D eigenvalue weighted by atomic mass is 19.2. The lowest BCUT2D eigenvalue weighted by Crippen LogP contribution is -2.03. The number of rotatable bonds is 10. The predicted octanol–water partition coefficient (Wildman–Crippen LogP) is 6.66. The Morgan fingerprint density at radius 2 is 1.11 bits per heavy atom. The van der Waals surface area contributed by atoms with Crippen LogP contribution in [0.1, 0.15) is 46.0 Å². The van der Waals surface area contributed by atoms with Gasteiger partial charge in [-0.1, -0.05) is 33.1 Å². The largest absolute Gasteiger partial charge is 0.490 e. The molecule has 2 aromatic rings. The van der Waals surface area contributed by atoms with Gasteiger partial charge in [0.15, 0.2) is 23.1 Å². The van der Waals surface area contributed by atoms with Crippen LogP contribution in [0.4, 0.5) is 17.6 Å². The van der Waals surface area contributed by atoms with E-state index in [2.05, 4.69) is 6.92 Å². The van der Waals surface area contributed by atoms with Gasteiger partial charge in [-0.25, -0.2) is 8.78 Å². The molecule has 0 atom stereocenters. The first-order valence-electron chi connectivity index (χ1n) is 9.23. The van der Waals surface area contributed by atoms with Crippen LogP contribution < -0.4 is 9.47 Å². The lowest BCUT2D eigenvalue weighted by molar-refractivity contribution is 0.285. The molecule has 0 fully saturated rings. The Hall–Kier alpha value is -2.24. The van der Waals surface area contributed by atoms with E-state index in [1.165, 1.54) is 24.3 Å². The van der Waals surface area contributed by atoms with Gasteiger partial charge in [0, 0.05) is 11.1 Å². The smallest absolute Gasteiger partial charge is 0.201 e. The van der Waals surface area contributed by atoms with Crippen molar-refractivity contribution in [3.63, 3.8) is 0 Å². The number of ether oxygens (including phenoxy) is 2. The van der Waals surface area contributed by atoms with Crippen molar-refractivity contribution in [1.29, 1.82) is 0 Å². The molecule has 0 unspecified atom stereocenters. The van der Waals surface area contributed by atoms with Gasteiger partial charge >= 0.3 is 0 Å². The van der Waals surface area contributed by atoms with Gasteiger partial charge in [-0.15, -0.1) is 0 Å². The summed E-state index contributed by atoms with van der Waals surface area (Å²) < 4.78 is 67.5. The summed E-state index contributed by atoms with van der Waals surface area (Å²) in [5.41, 5.74) is -0.744. The third-order valence-electron chi connectivity index (χ3n) is 4.10. The molecule has 0 bridgehead atoms. The highest BCUT2D eigenvalue weighted by Gasteiger charge is 2.21. The first-order valence-corrected chi connectivity index (χ1v) is 9.23. The average molecular weight is 384 g/mol. The number of halogens is 4. The van der Waals surface area contributed by atoms with Gasteiger partial charge in [0.1, 0.15) is 0 Å². The molecule has 0 aliphatic rings. The second-order valence-corrected chi connectivity index (χ2v) is 6.24. The summed E-state index contributed by atoms with van der Waals surface area (Å²) in [6.45, 7) is 4.39. The number of hydrogen-bond acceptors (Lipinski definition) is 2. The maximum Gasteiger partial charge on any atom is 0.201 e. The molecule has 0 saturated heterocycles. The molecular formula is C21H24F4O2. The molecule has 0 spiro atoms. The Bertz CT molecular complexity index is 762. The Kier molecular flexibility index (Phi) is 7.95. The van der Waals surface area contributed by atoms with E-state index in [-0.39, 0.29) is 35.8 Å². The van der Waals surface area contributed by atoms with E-state index in [4.69, 9.17) is 9.47 Å². The van der Waals surface area contributed by atoms with Gasteiger partial charge in [0.2, 0.25) is 11.6 Å². The van der Waals surface area contributed by atoms with Gasteiger partial charge in [-0.05, 0) is 37.1 Å². The van der Waals surface area contributed by atoms with Crippen molar-refractivity contribution in [3.8, 4) is 22.6 Å². The molecule has 0 saturated carbocycles. The van der Waals surface area contributed by atoms with Crippen molar-refractivity contribution < 1.29 is 27.0 Å². The minimum absolute atomic E-state index is 0.225. The van der Waals surface area contributed by atoms with Gasteiger partial charge in [0.05, 0.1) is 13.2 Å². The Labute approximate surface area is 157 Å². The highest BCUT2D eigenvalue weighted by molar-refractivity contribution is 5.67. The number of hydrogen-bond donors (Lipinski definition) is 0. The van der Waals surface area contributed by atoms with Crippen LogP contribution in [0, 0.1) is 23.3 Å². The van der Waals surface area contributed by atoms with Crippen LogP contribution in [-0.2, 0) is 0 Å². The van der Waals surface area contributed by atoms with Gasteiger partial charge in [-0.2, -0.15) is 8.78 Å². The fraction of sp³-hybridized carbons (Fsp3) is 0.429. The van der Waals surface area contributed by atoms with Crippen LogP contribution in [0.2, 0.25) is 0 Å². The average Bonchev–Trinajstić information content (AvgIpc) is 2.67. The zero-order valence-corrected chi connectivity index (χ0v) is 15.6. The molecule has 0 amide bonds. The zero-order chi connectivity index (χ0) is 19.8. The van der Waals surface area contributed by atoms with Crippen molar-refractivity contribution in [1.82, 2.24) is 0 Å². The second kappa shape index (κ2) is 10.2. The van der Waals surface area contributed by atoms with E-state index in [0.29, 0.717) is 6.42 Å². The van der Waals surface area contributed by atoms with E-state index in [1.807, 2.05) is 6.92 Å². The van der Waals surface area contributed by atoms with Crippen molar-refractivity contribution in [2.24, 2.45) is 0 Å². The minimum Gasteiger partial charge on any atom is -0.490 e.